The van der Waals surface area contributed by atoms with Crippen LogP contribution < -0.4 is 5.32 Å². The molecule has 0 heterocycles. The average molecular weight is 316 g/mol. The summed E-state index contributed by atoms with van der Waals surface area (Å²) in [5.41, 5.74) is 1.14. The second-order valence-corrected chi connectivity index (χ2v) is 5.25. The smallest absolute Gasteiger partial charge is 0.335 e. The molecule has 1 aromatic rings. The molecule has 2 N–H and O–H groups in total. The van der Waals surface area contributed by atoms with Gasteiger partial charge in [0.1, 0.15) is 0 Å². The number of carbonyl (C=O) groups is 1. The minimum Gasteiger partial charge on any atom is -0.478 e. The van der Waals surface area contributed by atoms with Gasteiger partial charge >= 0.3 is 5.97 Å². The van der Waals surface area contributed by atoms with Gasteiger partial charge in [-0.15, -0.1) is 0 Å². The highest BCUT2D eigenvalue weighted by molar-refractivity contribution is 9.10. The van der Waals surface area contributed by atoms with Crippen LogP contribution in [-0.4, -0.2) is 30.8 Å². The molecule has 100 valence electrons. The molecule has 0 amide bonds. The monoisotopic (exact) mass is 315 g/mol. The van der Waals surface area contributed by atoms with E-state index in [0.29, 0.717) is 19.1 Å². The van der Waals surface area contributed by atoms with Crippen LogP contribution >= 0.6 is 15.9 Å². The number of aromatic carboxylic acids is 1. The van der Waals surface area contributed by atoms with Crippen LogP contribution in [0.2, 0.25) is 0 Å². The minimum atomic E-state index is -0.928. The molecule has 0 saturated carbocycles. The maximum absolute atomic E-state index is 10.8. The molecule has 0 atom stereocenters. The zero-order valence-corrected chi connectivity index (χ0v) is 12.2. The van der Waals surface area contributed by atoms with Crippen LogP contribution in [0, 0.1) is 5.92 Å². The van der Waals surface area contributed by atoms with E-state index in [0.717, 1.165) is 16.8 Å². The third-order valence-corrected chi connectivity index (χ3v) is 2.89. The number of hydrogen-bond donors (Lipinski definition) is 2. The van der Waals surface area contributed by atoms with E-state index in [4.69, 9.17) is 9.84 Å². The Bertz CT molecular complexity index is 407. The minimum absolute atomic E-state index is 0.267. The van der Waals surface area contributed by atoms with E-state index in [1.807, 2.05) is 0 Å². The quantitative estimate of drug-likeness (QED) is 0.758. The molecule has 0 aliphatic rings. The molecule has 4 nitrogen and oxygen atoms in total. The van der Waals surface area contributed by atoms with Crippen molar-refractivity contribution in [3.8, 4) is 0 Å². The van der Waals surface area contributed by atoms with Crippen LogP contribution in [-0.2, 0) is 4.74 Å². The van der Waals surface area contributed by atoms with Crippen LogP contribution in [0.1, 0.15) is 24.2 Å². The lowest BCUT2D eigenvalue weighted by Crippen LogP contribution is -2.12. The van der Waals surface area contributed by atoms with Crippen molar-refractivity contribution in [2.24, 2.45) is 5.92 Å². The SMILES string of the molecule is CC(C)COCCNc1ccc(C(=O)O)cc1Br. The highest BCUT2D eigenvalue weighted by Gasteiger charge is 2.06. The fourth-order valence-corrected chi connectivity index (χ4v) is 1.89. The summed E-state index contributed by atoms with van der Waals surface area (Å²) in [6.45, 7) is 6.28. The summed E-state index contributed by atoms with van der Waals surface area (Å²) in [6, 6.07) is 4.90. The van der Waals surface area contributed by atoms with E-state index in [-0.39, 0.29) is 5.56 Å². The molecule has 0 radical (unpaired) electrons. The van der Waals surface area contributed by atoms with Crippen molar-refractivity contribution in [2.45, 2.75) is 13.8 Å². The molecule has 0 fully saturated rings. The molecule has 1 rings (SSSR count). The standard InChI is InChI=1S/C13H18BrNO3/c1-9(2)8-18-6-5-15-12-4-3-10(13(16)17)7-11(12)14/h3-4,7,9,15H,5-6,8H2,1-2H3,(H,16,17). The zero-order chi connectivity index (χ0) is 13.5. The Balaban J connectivity index is 2.41. The van der Waals surface area contributed by atoms with Crippen molar-refractivity contribution in [1.82, 2.24) is 0 Å². The van der Waals surface area contributed by atoms with E-state index >= 15 is 0 Å². The Morgan fingerprint density at radius 1 is 1.50 bits per heavy atom. The molecule has 0 saturated heterocycles. The Kier molecular flexibility index (Phi) is 6.15. The van der Waals surface area contributed by atoms with E-state index < -0.39 is 5.97 Å². The van der Waals surface area contributed by atoms with E-state index in [2.05, 4.69) is 35.1 Å². The van der Waals surface area contributed by atoms with Gasteiger partial charge in [-0.25, -0.2) is 4.79 Å². The largest absolute Gasteiger partial charge is 0.478 e. The van der Waals surface area contributed by atoms with Gasteiger partial charge in [-0.1, -0.05) is 13.8 Å². The first-order chi connectivity index (χ1) is 8.50. The molecule has 5 heteroatoms. The van der Waals surface area contributed by atoms with Crippen LogP contribution in [0.5, 0.6) is 0 Å². The fourth-order valence-electron chi connectivity index (χ4n) is 1.37. The number of halogens is 1. The normalized spacial score (nSPS) is 10.7. The third-order valence-electron chi connectivity index (χ3n) is 2.23. The Morgan fingerprint density at radius 2 is 2.22 bits per heavy atom. The third kappa shape index (κ3) is 5.06. The number of anilines is 1. The van der Waals surface area contributed by atoms with Gasteiger partial charge in [-0.05, 0) is 40.0 Å². The summed E-state index contributed by atoms with van der Waals surface area (Å²) in [5.74, 6) is -0.394. The lowest BCUT2D eigenvalue weighted by molar-refractivity contribution is 0.0697. The van der Waals surface area contributed by atoms with E-state index in [9.17, 15) is 4.79 Å². The maximum atomic E-state index is 10.8. The molecular formula is C13H18BrNO3. The Labute approximate surface area is 115 Å². The number of nitrogens with one attached hydrogen (secondary N) is 1. The van der Waals surface area contributed by atoms with Crippen molar-refractivity contribution in [2.75, 3.05) is 25.1 Å². The Hall–Kier alpha value is -1.07. The highest BCUT2D eigenvalue weighted by Crippen LogP contribution is 2.23. The fraction of sp³-hybridized carbons (Fsp3) is 0.462. The van der Waals surface area contributed by atoms with E-state index in [1.54, 1.807) is 18.2 Å². The molecule has 0 bridgehead atoms. The lowest BCUT2D eigenvalue weighted by atomic mass is 10.2. The van der Waals surface area contributed by atoms with Crippen molar-refractivity contribution < 1.29 is 14.6 Å². The van der Waals surface area contributed by atoms with Gasteiger partial charge in [-0.3, -0.25) is 0 Å². The Morgan fingerprint density at radius 3 is 2.78 bits per heavy atom. The number of benzene rings is 1. The summed E-state index contributed by atoms with van der Waals surface area (Å²) in [6.07, 6.45) is 0. The number of ether oxygens (including phenoxy) is 1. The highest BCUT2D eigenvalue weighted by atomic mass is 79.9. The molecule has 0 aliphatic carbocycles. The average Bonchev–Trinajstić information content (AvgIpc) is 2.29. The molecule has 0 spiro atoms. The lowest BCUT2D eigenvalue weighted by Gasteiger charge is -2.10. The summed E-state index contributed by atoms with van der Waals surface area (Å²) in [5, 5.41) is 12.0. The molecule has 1 aromatic carbocycles. The second kappa shape index (κ2) is 7.38. The van der Waals surface area contributed by atoms with Crippen LogP contribution in [0.25, 0.3) is 0 Å². The van der Waals surface area contributed by atoms with Crippen molar-refractivity contribution >= 4 is 27.6 Å². The number of hydrogen-bond acceptors (Lipinski definition) is 3. The number of carboxylic acids is 1. The van der Waals surface area contributed by atoms with Gasteiger partial charge in [0.15, 0.2) is 0 Å². The maximum Gasteiger partial charge on any atom is 0.335 e. The first kappa shape index (κ1) is 15.0. The molecule has 18 heavy (non-hydrogen) atoms. The van der Waals surface area contributed by atoms with E-state index in [1.165, 1.54) is 0 Å². The van der Waals surface area contributed by atoms with Gasteiger partial charge in [0, 0.05) is 23.3 Å². The summed E-state index contributed by atoms with van der Waals surface area (Å²) in [7, 11) is 0. The van der Waals surface area contributed by atoms with Crippen molar-refractivity contribution in [3.63, 3.8) is 0 Å². The molecule has 0 aromatic heterocycles. The van der Waals surface area contributed by atoms with Crippen molar-refractivity contribution in [1.29, 1.82) is 0 Å². The molecule has 0 aliphatic heterocycles. The van der Waals surface area contributed by atoms with Crippen LogP contribution in [0.3, 0.4) is 0 Å². The first-order valence-electron chi connectivity index (χ1n) is 5.85. The van der Waals surface area contributed by atoms with Crippen molar-refractivity contribution in [3.05, 3.63) is 28.2 Å². The molecular weight excluding hydrogens is 298 g/mol. The predicted octanol–water partition coefficient (Wildman–Crippen LogP) is 3.23. The summed E-state index contributed by atoms with van der Waals surface area (Å²) in [4.78, 5) is 10.8. The van der Waals surface area contributed by atoms with Gasteiger partial charge in [0.25, 0.3) is 0 Å². The summed E-state index contributed by atoms with van der Waals surface area (Å²) >= 11 is 3.34. The molecule has 0 unspecified atom stereocenters. The number of carboxylic acid groups (broad SMARTS) is 1. The van der Waals surface area contributed by atoms with Gasteiger partial charge in [0.05, 0.1) is 12.2 Å². The number of rotatable bonds is 7. The van der Waals surface area contributed by atoms with Crippen LogP contribution in [0.15, 0.2) is 22.7 Å². The van der Waals surface area contributed by atoms with Gasteiger partial charge < -0.3 is 15.2 Å². The second-order valence-electron chi connectivity index (χ2n) is 4.40. The predicted molar refractivity (Wildman–Crippen MR) is 75.2 cm³/mol. The van der Waals surface area contributed by atoms with Gasteiger partial charge in [0.2, 0.25) is 0 Å². The summed E-state index contributed by atoms with van der Waals surface area (Å²) < 4.78 is 6.19. The topological polar surface area (TPSA) is 58.6 Å². The van der Waals surface area contributed by atoms with Crippen LogP contribution in [0.4, 0.5) is 5.69 Å². The zero-order valence-electron chi connectivity index (χ0n) is 10.6. The first-order valence-corrected chi connectivity index (χ1v) is 6.64. The van der Waals surface area contributed by atoms with Gasteiger partial charge in [-0.2, -0.15) is 0 Å².